The Hall–Kier alpha value is -1.06. The maximum Gasteiger partial charge on any atom is 0.119 e. The monoisotopic (exact) mass is 248 g/mol. The molecule has 1 aliphatic rings. The Morgan fingerprint density at radius 1 is 1.39 bits per heavy atom. The van der Waals surface area contributed by atoms with E-state index >= 15 is 0 Å². The van der Waals surface area contributed by atoms with Crippen molar-refractivity contribution in [3.05, 3.63) is 29.8 Å². The Balaban J connectivity index is 1.78. The van der Waals surface area contributed by atoms with Crippen LogP contribution in [0.15, 0.2) is 24.3 Å². The molecule has 3 heteroatoms. The second-order valence-electron chi connectivity index (χ2n) is 5.39. The number of hydrogen-bond acceptors (Lipinski definition) is 3. The van der Waals surface area contributed by atoms with E-state index in [9.17, 15) is 0 Å². The van der Waals surface area contributed by atoms with Gasteiger partial charge in [0.05, 0.1) is 0 Å². The molecule has 0 bridgehead atoms. The molecule has 1 saturated heterocycles. The van der Waals surface area contributed by atoms with E-state index in [0.717, 1.165) is 31.9 Å². The normalized spacial score (nSPS) is 22.1. The van der Waals surface area contributed by atoms with Gasteiger partial charge < -0.3 is 10.5 Å². The van der Waals surface area contributed by atoms with Crippen LogP contribution in [0.2, 0.25) is 0 Å². The molecule has 0 aromatic heterocycles. The molecule has 0 saturated carbocycles. The zero-order valence-corrected chi connectivity index (χ0v) is 11.4. The maximum atomic E-state index is 5.93. The van der Waals surface area contributed by atoms with Crippen LogP contribution in [0.5, 0.6) is 5.75 Å². The highest BCUT2D eigenvalue weighted by atomic mass is 16.5. The minimum atomic E-state index is 0.226. The van der Waals surface area contributed by atoms with Crippen molar-refractivity contribution >= 4 is 0 Å². The van der Waals surface area contributed by atoms with Gasteiger partial charge in [0.1, 0.15) is 11.9 Å². The predicted octanol–water partition coefficient (Wildman–Crippen LogP) is 2.04. The average Bonchev–Trinajstić information content (AvgIpc) is 2.79. The first-order valence-corrected chi connectivity index (χ1v) is 6.83. The summed E-state index contributed by atoms with van der Waals surface area (Å²) in [7, 11) is 0. The van der Waals surface area contributed by atoms with Crippen molar-refractivity contribution in [1.82, 2.24) is 4.90 Å². The molecule has 1 aliphatic heterocycles. The van der Waals surface area contributed by atoms with Gasteiger partial charge in [-0.1, -0.05) is 17.7 Å². The molecule has 0 radical (unpaired) electrons. The summed E-state index contributed by atoms with van der Waals surface area (Å²) in [4.78, 5) is 2.45. The molecule has 0 amide bonds. The van der Waals surface area contributed by atoms with Gasteiger partial charge in [-0.05, 0) is 51.4 Å². The Bertz CT molecular complexity index is 363. The summed E-state index contributed by atoms with van der Waals surface area (Å²) < 4.78 is 5.93. The van der Waals surface area contributed by atoms with Crippen LogP contribution in [0, 0.1) is 12.8 Å². The molecule has 3 nitrogen and oxygen atoms in total. The lowest BCUT2D eigenvalue weighted by atomic mass is 10.1. The summed E-state index contributed by atoms with van der Waals surface area (Å²) in [5.74, 6) is 1.64. The molecule has 18 heavy (non-hydrogen) atoms. The topological polar surface area (TPSA) is 38.5 Å². The van der Waals surface area contributed by atoms with E-state index in [2.05, 4.69) is 30.9 Å². The summed E-state index contributed by atoms with van der Waals surface area (Å²) in [5.41, 5.74) is 6.97. The first-order valence-electron chi connectivity index (χ1n) is 6.83. The second-order valence-corrected chi connectivity index (χ2v) is 5.39. The Kier molecular flexibility index (Phi) is 4.61. The summed E-state index contributed by atoms with van der Waals surface area (Å²) in [5, 5.41) is 0. The van der Waals surface area contributed by atoms with Crippen molar-refractivity contribution in [2.75, 3.05) is 26.2 Å². The van der Waals surface area contributed by atoms with Crippen LogP contribution in [0.3, 0.4) is 0 Å². The van der Waals surface area contributed by atoms with Gasteiger partial charge in [-0.15, -0.1) is 0 Å². The molecule has 0 spiro atoms. The summed E-state index contributed by atoms with van der Waals surface area (Å²) in [6.07, 6.45) is 1.46. The molecule has 2 N–H and O–H groups in total. The molecule has 2 atom stereocenters. The number of likely N-dealkylation sites (tertiary alicyclic amines) is 1. The summed E-state index contributed by atoms with van der Waals surface area (Å²) in [6.45, 7) is 8.30. The molecule has 1 unspecified atom stereocenters. The summed E-state index contributed by atoms with van der Waals surface area (Å²) in [6, 6.07) is 8.25. The third-order valence-electron chi connectivity index (χ3n) is 3.58. The third-order valence-corrected chi connectivity index (χ3v) is 3.58. The number of aryl methyl sites for hydroxylation is 1. The van der Waals surface area contributed by atoms with E-state index in [1.54, 1.807) is 0 Å². The van der Waals surface area contributed by atoms with E-state index in [-0.39, 0.29) is 6.10 Å². The highest BCUT2D eigenvalue weighted by molar-refractivity contribution is 5.26. The number of nitrogens with two attached hydrogens (primary N) is 1. The first kappa shape index (κ1) is 13.4. The van der Waals surface area contributed by atoms with Gasteiger partial charge in [0.25, 0.3) is 0 Å². The van der Waals surface area contributed by atoms with Gasteiger partial charge in [0, 0.05) is 13.1 Å². The Labute approximate surface area is 110 Å². The fraction of sp³-hybridized carbons (Fsp3) is 0.600. The van der Waals surface area contributed by atoms with E-state index in [1.807, 2.05) is 12.1 Å². The quantitative estimate of drug-likeness (QED) is 0.866. The number of nitrogens with zero attached hydrogens (tertiary/aromatic N) is 1. The lowest BCUT2D eigenvalue weighted by molar-refractivity contribution is 0.159. The molecular weight excluding hydrogens is 224 g/mol. The van der Waals surface area contributed by atoms with Gasteiger partial charge >= 0.3 is 0 Å². The lowest BCUT2D eigenvalue weighted by Gasteiger charge is -2.22. The Morgan fingerprint density at radius 3 is 2.72 bits per heavy atom. The highest BCUT2D eigenvalue weighted by Gasteiger charge is 2.22. The molecular formula is C15H24N2O. The number of hydrogen-bond donors (Lipinski definition) is 1. The van der Waals surface area contributed by atoms with Crippen LogP contribution in [-0.2, 0) is 0 Å². The van der Waals surface area contributed by atoms with Crippen LogP contribution >= 0.6 is 0 Å². The van der Waals surface area contributed by atoms with Crippen LogP contribution in [0.4, 0.5) is 0 Å². The van der Waals surface area contributed by atoms with Gasteiger partial charge in [0.2, 0.25) is 0 Å². The van der Waals surface area contributed by atoms with E-state index in [0.29, 0.717) is 5.92 Å². The number of ether oxygens (including phenoxy) is 1. The second kappa shape index (κ2) is 6.21. The third kappa shape index (κ3) is 3.72. The largest absolute Gasteiger partial charge is 0.489 e. The fourth-order valence-electron chi connectivity index (χ4n) is 2.52. The standard InChI is InChI=1S/C15H24N2O/c1-12-3-5-15(6-4-12)18-13(2)10-17-8-7-14(9-16)11-17/h3-6,13-14H,7-11,16H2,1-2H3/t13?,14-/m0/s1. The zero-order chi connectivity index (χ0) is 13.0. The highest BCUT2D eigenvalue weighted by Crippen LogP contribution is 2.17. The smallest absolute Gasteiger partial charge is 0.119 e. The van der Waals surface area contributed by atoms with Crippen molar-refractivity contribution in [2.45, 2.75) is 26.4 Å². The zero-order valence-electron chi connectivity index (χ0n) is 11.4. The Morgan fingerprint density at radius 2 is 2.11 bits per heavy atom. The molecule has 0 aliphatic carbocycles. The SMILES string of the molecule is Cc1ccc(OC(C)CN2CC[C@@H](CN)C2)cc1. The van der Waals surface area contributed by atoms with E-state index < -0.39 is 0 Å². The number of benzene rings is 1. The number of rotatable bonds is 5. The first-order chi connectivity index (χ1) is 8.67. The average molecular weight is 248 g/mol. The van der Waals surface area contributed by atoms with Crippen LogP contribution in [0.1, 0.15) is 18.9 Å². The fourth-order valence-corrected chi connectivity index (χ4v) is 2.52. The summed E-state index contributed by atoms with van der Waals surface area (Å²) >= 11 is 0. The minimum Gasteiger partial charge on any atom is -0.489 e. The molecule has 1 fully saturated rings. The van der Waals surface area contributed by atoms with E-state index in [4.69, 9.17) is 10.5 Å². The van der Waals surface area contributed by atoms with Crippen molar-refractivity contribution in [3.8, 4) is 5.75 Å². The van der Waals surface area contributed by atoms with Gasteiger partial charge in [-0.2, -0.15) is 0 Å². The van der Waals surface area contributed by atoms with Crippen molar-refractivity contribution in [2.24, 2.45) is 11.7 Å². The van der Waals surface area contributed by atoms with Gasteiger partial charge in [-0.3, -0.25) is 4.90 Å². The van der Waals surface area contributed by atoms with Gasteiger partial charge in [-0.25, -0.2) is 0 Å². The van der Waals surface area contributed by atoms with E-state index in [1.165, 1.54) is 12.0 Å². The molecule has 100 valence electrons. The van der Waals surface area contributed by atoms with Crippen molar-refractivity contribution in [3.63, 3.8) is 0 Å². The van der Waals surface area contributed by atoms with Crippen molar-refractivity contribution in [1.29, 1.82) is 0 Å². The molecule has 2 rings (SSSR count). The van der Waals surface area contributed by atoms with Crippen LogP contribution < -0.4 is 10.5 Å². The lowest BCUT2D eigenvalue weighted by Crippen LogP contribution is -2.33. The molecule has 1 aromatic rings. The molecule has 1 aromatic carbocycles. The van der Waals surface area contributed by atoms with Crippen LogP contribution in [0.25, 0.3) is 0 Å². The minimum absolute atomic E-state index is 0.226. The molecule has 1 heterocycles. The maximum absolute atomic E-state index is 5.93. The predicted molar refractivity (Wildman–Crippen MR) is 74.9 cm³/mol. The van der Waals surface area contributed by atoms with Crippen molar-refractivity contribution < 1.29 is 4.74 Å². The van der Waals surface area contributed by atoms with Gasteiger partial charge in [0.15, 0.2) is 0 Å². The van der Waals surface area contributed by atoms with Crippen LogP contribution in [-0.4, -0.2) is 37.2 Å².